The van der Waals surface area contributed by atoms with Crippen molar-refractivity contribution in [3.63, 3.8) is 0 Å². The third-order valence-electron chi connectivity index (χ3n) is 3.55. The Kier molecular flexibility index (Phi) is 2.49. The Hall–Kier alpha value is -0.130. The van der Waals surface area contributed by atoms with Gasteiger partial charge in [-0.15, -0.1) is 11.3 Å². The molecule has 1 aromatic rings. The molecule has 82 valence electrons. The molecule has 3 rings (SSSR count). The lowest BCUT2D eigenvalue weighted by molar-refractivity contribution is 0.133. The van der Waals surface area contributed by atoms with E-state index in [0.717, 1.165) is 29.2 Å². The highest BCUT2D eigenvalue weighted by molar-refractivity contribution is 9.10. The maximum Gasteiger partial charge on any atom is 0.186 e. The zero-order chi connectivity index (χ0) is 10.4. The number of hydrogen-bond acceptors (Lipinski definition) is 4. The lowest BCUT2D eigenvalue weighted by Gasteiger charge is -2.16. The Balaban J connectivity index is 1.77. The Morgan fingerprint density at radius 2 is 2.33 bits per heavy atom. The summed E-state index contributed by atoms with van der Waals surface area (Å²) in [5.74, 6) is 1.16. The number of thiazole rings is 1. The molecule has 0 amide bonds. The van der Waals surface area contributed by atoms with Crippen molar-refractivity contribution in [1.82, 2.24) is 4.98 Å². The van der Waals surface area contributed by atoms with Crippen molar-refractivity contribution in [2.75, 3.05) is 18.0 Å². The van der Waals surface area contributed by atoms with Crippen molar-refractivity contribution in [1.29, 1.82) is 0 Å². The fourth-order valence-electron chi connectivity index (χ4n) is 2.78. The third-order valence-corrected chi connectivity index (χ3v) is 5.16. The first kappa shape index (κ1) is 10.1. The predicted octanol–water partition coefficient (Wildman–Crippen LogP) is 2.11. The van der Waals surface area contributed by atoms with Crippen LogP contribution in [0, 0.1) is 11.8 Å². The summed E-state index contributed by atoms with van der Waals surface area (Å²) in [6, 6.07) is 0. The highest BCUT2D eigenvalue weighted by atomic mass is 79.9. The summed E-state index contributed by atoms with van der Waals surface area (Å²) in [6.07, 6.45) is 2.09. The Labute approximate surface area is 101 Å². The fourth-order valence-corrected chi connectivity index (χ4v) is 4.05. The first-order chi connectivity index (χ1) is 7.24. The van der Waals surface area contributed by atoms with Crippen LogP contribution in [-0.4, -0.2) is 29.3 Å². The summed E-state index contributed by atoms with van der Waals surface area (Å²) in [7, 11) is 0. The van der Waals surface area contributed by atoms with Gasteiger partial charge in [0, 0.05) is 24.4 Å². The molecule has 1 saturated heterocycles. The second-order valence-electron chi connectivity index (χ2n) is 4.43. The number of aromatic nitrogens is 1. The van der Waals surface area contributed by atoms with E-state index in [9.17, 15) is 5.11 Å². The van der Waals surface area contributed by atoms with Crippen LogP contribution < -0.4 is 4.90 Å². The van der Waals surface area contributed by atoms with Gasteiger partial charge in [0.25, 0.3) is 0 Å². The van der Waals surface area contributed by atoms with Crippen LogP contribution in [0.25, 0.3) is 0 Å². The summed E-state index contributed by atoms with van der Waals surface area (Å²) in [6.45, 7) is 2.05. The van der Waals surface area contributed by atoms with Crippen LogP contribution in [0.5, 0.6) is 0 Å². The molecular weight excluding hydrogens is 276 g/mol. The second kappa shape index (κ2) is 3.71. The lowest BCUT2D eigenvalue weighted by atomic mass is 10.00. The standard InChI is InChI=1S/C10H13BrN2OS/c11-9-5-15-10(12-9)13-3-6-1-2-8(14)7(6)4-13/h5-8,14H,1-4H2. The summed E-state index contributed by atoms with van der Waals surface area (Å²) in [4.78, 5) is 6.74. The normalized spacial score (nSPS) is 34.8. The van der Waals surface area contributed by atoms with Gasteiger partial charge in [0.05, 0.1) is 6.10 Å². The molecule has 1 saturated carbocycles. The van der Waals surface area contributed by atoms with Crippen LogP contribution in [0.15, 0.2) is 9.98 Å². The molecule has 15 heavy (non-hydrogen) atoms. The van der Waals surface area contributed by atoms with Crippen molar-refractivity contribution in [2.45, 2.75) is 18.9 Å². The number of aliphatic hydroxyl groups is 1. The van der Waals surface area contributed by atoms with Gasteiger partial charge in [-0.3, -0.25) is 0 Å². The minimum absolute atomic E-state index is 0.0802. The number of hydrogen-bond donors (Lipinski definition) is 1. The average molecular weight is 289 g/mol. The molecule has 3 atom stereocenters. The van der Waals surface area contributed by atoms with Gasteiger partial charge >= 0.3 is 0 Å². The quantitative estimate of drug-likeness (QED) is 0.860. The van der Waals surface area contributed by atoms with E-state index < -0.39 is 0 Å². The summed E-state index contributed by atoms with van der Waals surface area (Å²) in [5.41, 5.74) is 0. The molecular formula is C10H13BrN2OS. The summed E-state index contributed by atoms with van der Waals surface area (Å²) >= 11 is 5.05. The average Bonchev–Trinajstić information content (AvgIpc) is 2.84. The van der Waals surface area contributed by atoms with Crippen molar-refractivity contribution in [3.05, 3.63) is 9.98 Å². The predicted molar refractivity (Wildman–Crippen MR) is 64.2 cm³/mol. The van der Waals surface area contributed by atoms with E-state index in [0.29, 0.717) is 11.8 Å². The van der Waals surface area contributed by atoms with Gasteiger partial charge in [-0.05, 0) is 34.7 Å². The lowest BCUT2D eigenvalue weighted by Crippen LogP contribution is -2.24. The van der Waals surface area contributed by atoms with Crippen LogP contribution in [0.2, 0.25) is 0 Å². The van der Waals surface area contributed by atoms with E-state index in [1.165, 1.54) is 6.42 Å². The zero-order valence-electron chi connectivity index (χ0n) is 8.27. The number of aliphatic hydroxyl groups excluding tert-OH is 1. The molecule has 1 aliphatic heterocycles. The monoisotopic (exact) mass is 288 g/mol. The second-order valence-corrected chi connectivity index (χ2v) is 6.08. The zero-order valence-corrected chi connectivity index (χ0v) is 10.7. The Morgan fingerprint density at radius 1 is 1.47 bits per heavy atom. The molecule has 0 radical (unpaired) electrons. The third kappa shape index (κ3) is 1.70. The number of rotatable bonds is 1. The summed E-state index contributed by atoms with van der Waals surface area (Å²) < 4.78 is 0.917. The highest BCUT2D eigenvalue weighted by Crippen LogP contribution is 2.40. The Bertz CT molecular complexity index is 370. The van der Waals surface area contributed by atoms with E-state index in [-0.39, 0.29) is 6.10 Å². The summed E-state index contributed by atoms with van der Waals surface area (Å²) in [5, 5.41) is 12.9. The van der Waals surface area contributed by atoms with Crippen molar-refractivity contribution >= 4 is 32.4 Å². The van der Waals surface area contributed by atoms with E-state index in [2.05, 4.69) is 25.8 Å². The minimum atomic E-state index is -0.0802. The Morgan fingerprint density at radius 3 is 3.00 bits per heavy atom. The molecule has 2 fully saturated rings. The maximum absolute atomic E-state index is 9.82. The van der Waals surface area contributed by atoms with Crippen LogP contribution in [0.4, 0.5) is 5.13 Å². The number of nitrogens with zero attached hydrogens (tertiary/aromatic N) is 2. The fraction of sp³-hybridized carbons (Fsp3) is 0.700. The number of fused-ring (bicyclic) bond motifs is 1. The molecule has 2 heterocycles. The molecule has 0 aromatic carbocycles. The van der Waals surface area contributed by atoms with Crippen LogP contribution in [0.1, 0.15) is 12.8 Å². The van der Waals surface area contributed by atoms with E-state index in [4.69, 9.17) is 0 Å². The molecule has 0 bridgehead atoms. The van der Waals surface area contributed by atoms with Gasteiger partial charge in [0.15, 0.2) is 5.13 Å². The SMILES string of the molecule is OC1CCC2CN(c3nc(Br)cs3)CC12. The van der Waals surface area contributed by atoms with Crippen LogP contribution in [-0.2, 0) is 0 Å². The van der Waals surface area contributed by atoms with Crippen molar-refractivity contribution < 1.29 is 5.11 Å². The molecule has 1 aromatic heterocycles. The van der Waals surface area contributed by atoms with Gasteiger partial charge in [-0.2, -0.15) is 0 Å². The first-order valence-electron chi connectivity index (χ1n) is 5.28. The van der Waals surface area contributed by atoms with Gasteiger partial charge in [-0.25, -0.2) is 4.98 Å². The van der Waals surface area contributed by atoms with E-state index >= 15 is 0 Å². The molecule has 5 heteroatoms. The van der Waals surface area contributed by atoms with E-state index in [1.54, 1.807) is 11.3 Å². The maximum atomic E-state index is 9.82. The highest BCUT2D eigenvalue weighted by Gasteiger charge is 2.42. The molecule has 1 N–H and O–H groups in total. The van der Waals surface area contributed by atoms with Gasteiger partial charge in [-0.1, -0.05) is 0 Å². The minimum Gasteiger partial charge on any atom is -0.393 e. The molecule has 2 aliphatic rings. The van der Waals surface area contributed by atoms with Crippen molar-refractivity contribution in [2.24, 2.45) is 11.8 Å². The number of halogens is 1. The molecule has 3 unspecified atom stereocenters. The largest absolute Gasteiger partial charge is 0.393 e. The topological polar surface area (TPSA) is 36.4 Å². The molecule has 3 nitrogen and oxygen atoms in total. The number of anilines is 1. The first-order valence-corrected chi connectivity index (χ1v) is 6.95. The molecule has 0 spiro atoms. The molecule has 1 aliphatic carbocycles. The van der Waals surface area contributed by atoms with Gasteiger partial charge in [0.1, 0.15) is 4.60 Å². The van der Waals surface area contributed by atoms with Gasteiger partial charge < -0.3 is 10.0 Å². The van der Waals surface area contributed by atoms with E-state index in [1.807, 2.05) is 5.38 Å². The van der Waals surface area contributed by atoms with Crippen LogP contribution >= 0.6 is 27.3 Å². The van der Waals surface area contributed by atoms with Crippen molar-refractivity contribution in [3.8, 4) is 0 Å². The van der Waals surface area contributed by atoms with Gasteiger partial charge in [0.2, 0.25) is 0 Å². The smallest absolute Gasteiger partial charge is 0.186 e. The van der Waals surface area contributed by atoms with Crippen LogP contribution in [0.3, 0.4) is 0 Å².